The summed E-state index contributed by atoms with van der Waals surface area (Å²) < 4.78 is 32.4. The molecule has 1 saturated heterocycles. The third-order valence-electron chi connectivity index (χ3n) is 5.41. The van der Waals surface area contributed by atoms with E-state index in [0.717, 1.165) is 12.0 Å². The van der Waals surface area contributed by atoms with Gasteiger partial charge in [-0.15, -0.1) is 0 Å². The van der Waals surface area contributed by atoms with Crippen LogP contribution in [-0.4, -0.2) is 44.9 Å². The van der Waals surface area contributed by atoms with E-state index in [1.54, 1.807) is 19.1 Å². The summed E-state index contributed by atoms with van der Waals surface area (Å²) >= 11 is 0. The van der Waals surface area contributed by atoms with Crippen LogP contribution in [0.2, 0.25) is 0 Å². The second-order valence-corrected chi connectivity index (χ2v) is 9.32. The molecule has 1 aliphatic heterocycles. The molecule has 0 aromatic heterocycles. The van der Waals surface area contributed by atoms with E-state index in [9.17, 15) is 13.2 Å². The molecule has 1 heterocycles. The van der Waals surface area contributed by atoms with Crippen LogP contribution in [0.5, 0.6) is 0 Å². The van der Waals surface area contributed by atoms with Crippen LogP contribution in [0.15, 0.2) is 47.4 Å². The lowest BCUT2D eigenvalue weighted by atomic mass is 9.98. The Hall–Kier alpha value is -2.22. The molecule has 1 fully saturated rings. The van der Waals surface area contributed by atoms with Crippen molar-refractivity contribution in [3.05, 3.63) is 59.2 Å². The molecule has 0 unspecified atom stereocenters. The number of carbonyl (C=O) groups excluding carboxylic acids is 1. The molecule has 0 spiro atoms. The molecule has 156 valence electrons. The monoisotopic (exact) mass is 416 g/mol. The highest BCUT2D eigenvalue weighted by atomic mass is 32.2. The topological polar surface area (TPSA) is 75.7 Å². The van der Waals surface area contributed by atoms with Gasteiger partial charge in [0.25, 0.3) is 5.91 Å². The van der Waals surface area contributed by atoms with Crippen molar-refractivity contribution >= 4 is 21.6 Å². The van der Waals surface area contributed by atoms with Gasteiger partial charge in [0.1, 0.15) is 0 Å². The fourth-order valence-electron chi connectivity index (χ4n) is 3.27. The smallest absolute Gasteiger partial charge is 0.255 e. The molecule has 1 atom stereocenters. The molecule has 0 aliphatic carbocycles. The van der Waals surface area contributed by atoms with Gasteiger partial charge in [-0.3, -0.25) is 4.79 Å². The van der Waals surface area contributed by atoms with E-state index in [4.69, 9.17) is 4.74 Å². The first-order valence-electron chi connectivity index (χ1n) is 9.92. The van der Waals surface area contributed by atoms with Crippen LogP contribution in [0.1, 0.15) is 47.7 Å². The molecule has 1 aliphatic rings. The van der Waals surface area contributed by atoms with Crippen molar-refractivity contribution in [1.82, 2.24) is 4.31 Å². The Morgan fingerprint density at radius 2 is 1.79 bits per heavy atom. The number of benzene rings is 2. The molecule has 1 N–H and O–H groups in total. The normalized spacial score (nSPS) is 16.4. The maximum absolute atomic E-state index is 12.9. The molecular weight excluding hydrogens is 388 g/mol. The van der Waals surface area contributed by atoms with E-state index in [2.05, 4.69) is 19.2 Å². The zero-order chi connectivity index (χ0) is 21.0. The third kappa shape index (κ3) is 4.86. The Morgan fingerprint density at radius 1 is 1.14 bits per heavy atom. The quantitative estimate of drug-likeness (QED) is 0.778. The molecule has 2 aromatic rings. The Labute approximate surface area is 172 Å². The van der Waals surface area contributed by atoms with Crippen molar-refractivity contribution in [1.29, 1.82) is 0 Å². The predicted molar refractivity (Wildman–Crippen MR) is 114 cm³/mol. The van der Waals surface area contributed by atoms with E-state index in [1.165, 1.54) is 15.9 Å². The van der Waals surface area contributed by atoms with Crippen LogP contribution in [0.25, 0.3) is 0 Å². The standard InChI is InChI=1S/C22H28N2O4S/c1-4-16(2)18-6-8-19(9-7-18)23-22(25)21-15-20(10-5-17(21)3)29(26,27)24-11-13-28-14-12-24/h5-10,15-16H,4,11-14H2,1-3H3,(H,23,25)/t16-/m1/s1. The number of carbonyl (C=O) groups is 1. The number of sulfonamides is 1. The molecule has 3 rings (SSSR count). The first-order chi connectivity index (χ1) is 13.8. The summed E-state index contributed by atoms with van der Waals surface area (Å²) in [6.45, 7) is 7.50. The van der Waals surface area contributed by atoms with Crippen LogP contribution in [0, 0.1) is 6.92 Å². The van der Waals surface area contributed by atoms with E-state index >= 15 is 0 Å². The number of amides is 1. The number of nitrogens with zero attached hydrogens (tertiary/aromatic N) is 1. The number of ether oxygens (including phenoxy) is 1. The lowest BCUT2D eigenvalue weighted by Gasteiger charge is -2.26. The summed E-state index contributed by atoms with van der Waals surface area (Å²) in [5.41, 5.74) is 2.98. The van der Waals surface area contributed by atoms with Gasteiger partial charge in [0, 0.05) is 24.3 Å². The van der Waals surface area contributed by atoms with E-state index in [0.29, 0.717) is 43.5 Å². The van der Waals surface area contributed by atoms with Gasteiger partial charge in [-0.05, 0) is 54.7 Å². The number of aryl methyl sites for hydroxylation is 1. The molecule has 0 radical (unpaired) electrons. The summed E-state index contributed by atoms with van der Waals surface area (Å²) in [7, 11) is -3.65. The van der Waals surface area contributed by atoms with Crippen molar-refractivity contribution in [2.75, 3.05) is 31.6 Å². The van der Waals surface area contributed by atoms with E-state index < -0.39 is 10.0 Å². The van der Waals surface area contributed by atoms with Gasteiger partial charge in [0.05, 0.1) is 18.1 Å². The number of nitrogens with one attached hydrogen (secondary N) is 1. The Bertz CT molecular complexity index is 965. The Balaban J connectivity index is 1.81. The van der Waals surface area contributed by atoms with E-state index in [-0.39, 0.29) is 10.8 Å². The molecule has 2 aromatic carbocycles. The van der Waals surface area contributed by atoms with Crippen LogP contribution in [-0.2, 0) is 14.8 Å². The number of morpholine rings is 1. The SMILES string of the molecule is CC[C@@H](C)c1ccc(NC(=O)c2cc(S(=O)(=O)N3CCOCC3)ccc2C)cc1. The minimum atomic E-state index is -3.65. The number of hydrogen-bond donors (Lipinski definition) is 1. The minimum absolute atomic E-state index is 0.127. The zero-order valence-corrected chi connectivity index (χ0v) is 18.0. The predicted octanol–water partition coefficient (Wildman–Crippen LogP) is 3.78. The zero-order valence-electron chi connectivity index (χ0n) is 17.1. The van der Waals surface area contributed by atoms with Crippen molar-refractivity contribution < 1.29 is 17.9 Å². The summed E-state index contributed by atoms with van der Waals surface area (Å²) in [6, 6.07) is 12.5. The van der Waals surface area contributed by atoms with Crippen LogP contribution >= 0.6 is 0 Å². The fraction of sp³-hybridized carbons (Fsp3) is 0.409. The lowest BCUT2D eigenvalue weighted by molar-refractivity contribution is 0.0730. The first-order valence-corrected chi connectivity index (χ1v) is 11.4. The van der Waals surface area contributed by atoms with Crippen LogP contribution < -0.4 is 5.32 Å². The highest BCUT2D eigenvalue weighted by molar-refractivity contribution is 7.89. The van der Waals surface area contributed by atoms with Gasteiger partial charge >= 0.3 is 0 Å². The van der Waals surface area contributed by atoms with Gasteiger partial charge < -0.3 is 10.1 Å². The van der Waals surface area contributed by atoms with Gasteiger partial charge in [0.2, 0.25) is 10.0 Å². The van der Waals surface area contributed by atoms with Crippen molar-refractivity contribution in [2.24, 2.45) is 0 Å². The summed E-state index contributed by atoms with van der Waals surface area (Å²) in [5, 5.41) is 2.87. The summed E-state index contributed by atoms with van der Waals surface area (Å²) in [6.07, 6.45) is 1.05. The average Bonchev–Trinajstić information content (AvgIpc) is 2.74. The molecule has 0 bridgehead atoms. The van der Waals surface area contributed by atoms with Gasteiger partial charge in [-0.25, -0.2) is 8.42 Å². The first kappa shape index (κ1) is 21.5. The Morgan fingerprint density at radius 3 is 2.41 bits per heavy atom. The van der Waals surface area contributed by atoms with Gasteiger partial charge in [-0.2, -0.15) is 4.31 Å². The average molecular weight is 417 g/mol. The van der Waals surface area contributed by atoms with E-state index in [1.807, 2.05) is 24.3 Å². The van der Waals surface area contributed by atoms with Gasteiger partial charge in [-0.1, -0.05) is 32.0 Å². The molecule has 0 saturated carbocycles. The Kier molecular flexibility index (Phi) is 6.72. The number of rotatable bonds is 6. The molecule has 29 heavy (non-hydrogen) atoms. The second-order valence-electron chi connectivity index (χ2n) is 7.38. The van der Waals surface area contributed by atoms with Crippen molar-refractivity contribution in [3.63, 3.8) is 0 Å². The van der Waals surface area contributed by atoms with Gasteiger partial charge in [0.15, 0.2) is 0 Å². The molecular formula is C22H28N2O4S. The van der Waals surface area contributed by atoms with Crippen molar-refractivity contribution in [3.8, 4) is 0 Å². The highest BCUT2D eigenvalue weighted by Gasteiger charge is 2.27. The number of hydrogen-bond acceptors (Lipinski definition) is 4. The summed E-state index contributed by atoms with van der Waals surface area (Å²) in [4.78, 5) is 13.0. The highest BCUT2D eigenvalue weighted by Crippen LogP contribution is 2.23. The van der Waals surface area contributed by atoms with Crippen molar-refractivity contribution in [2.45, 2.75) is 38.0 Å². The lowest BCUT2D eigenvalue weighted by Crippen LogP contribution is -2.40. The largest absolute Gasteiger partial charge is 0.379 e. The third-order valence-corrected chi connectivity index (χ3v) is 7.31. The maximum atomic E-state index is 12.9. The van der Waals surface area contributed by atoms with Crippen LogP contribution in [0.4, 0.5) is 5.69 Å². The minimum Gasteiger partial charge on any atom is -0.379 e. The molecule has 7 heteroatoms. The fourth-order valence-corrected chi connectivity index (χ4v) is 4.71. The summed E-state index contributed by atoms with van der Waals surface area (Å²) in [5.74, 6) is 0.141. The molecule has 1 amide bonds. The maximum Gasteiger partial charge on any atom is 0.255 e. The number of anilines is 1. The van der Waals surface area contributed by atoms with Crippen LogP contribution in [0.3, 0.4) is 0 Å². The second kappa shape index (κ2) is 9.07. The molecule has 6 nitrogen and oxygen atoms in total.